The van der Waals surface area contributed by atoms with Crippen LogP contribution in [0.15, 0.2) is 66.7 Å². The average Bonchev–Trinajstić information content (AvgIpc) is 3.07. The van der Waals surface area contributed by atoms with Gasteiger partial charge in [0.05, 0.1) is 0 Å². The normalized spacial score (nSPS) is 11.3. The van der Waals surface area contributed by atoms with Crippen LogP contribution >= 0.6 is 0 Å². The van der Waals surface area contributed by atoms with Gasteiger partial charge in [0.1, 0.15) is 0 Å². The van der Waals surface area contributed by atoms with Crippen LogP contribution in [0.2, 0.25) is 0 Å². The fraction of sp³-hybridized carbons (Fsp3) is 0.160. The van der Waals surface area contributed by atoms with Gasteiger partial charge >= 0.3 is 176 Å². The van der Waals surface area contributed by atoms with E-state index in [1.165, 1.54) is 26.4 Å². The summed E-state index contributed by atoms with van der Waals surface area (Å²) in [6, 6.07) is 21.0. The minimum atomic E-state index is -0.429. The zero-order valence-corrected chi connectivity index (χ0v) is 18.1. The molecule has 4 rings (SSSR count). The quantitative estimate of drug-likeness (QED) is 0.392. The number of primary amides is 1. The number of carbonyl (C=O) groups is 1. The van der Waals surface area contributed by atoms with Crippen LogP contribution in [0.5, 0.6) is 0 Å². The molecule has 0 saturated heterocycles. The van der Waals surface area contributed by atoms with Crippen molar-refractivity contribution in [1.82, 2.24) is 0 Å². The van der Waals surface area contributed by atoms with Crippen molar-refractivity contribution in [3.63, 3.8) is 0 Å². The Hall–Kier alpha value is -2.68. The molecule has 0 aliphatic carbocycles. The molecule has 0 aliphatic rings. The Morgan fingerprint density at radius 1 is 0.966 bits per heavy atom. The number of hydrogen-bond donors (Lipinski definition) is 1. The van der Waals surface area contributed by atoms with Crippen LogP contribution in [-0.4, -0.2) is 20.4 Å². The first-order valence-electron chi connectivity index (χ1n) is 9.64. The van der Waals surface area contributed by atoms with Crippen LogP contribution in [0.4, 0.5) is 4.39 Å². The molecule has 0 aliphatic heterocycles. The van der Waals surface area contributed by atoms with E-state index >= 15 is 0 Å². The second-order valence-corrected chi connectivity index (χ2v) is 9.89. The van der Waals surface area contributed by atoms with Gasteiger partial charge in [0.15, 0.2) is 0 Å². The second kappa shape index (κ2) is 7.98. The van der Waals surface area contributed by atoms with Gasteiger partial charge in [-0.25, -0.2) is 0 Å². The van der Waals surface area contributed by atoms with Gasteiger partial charge < -0.3 is 0 Å². The summed E-state index contributed by atoms with van der Waals surface area (Å²) in [6.07, 6.45) is 1.04. The van der Waals surface area contributed by atoms with Crippen molar-refractivity contribution in [3.05, 3.63) is 83.7 Å². The van der Waals surface area contributed by atoms with Crippen molar-refractivity contribution in [1.29, 1.82) is 0 Å². The third-order valence-corrected chi connectivity index (χ3v) is 7.52. The SMILES string of the molecule is CC(C)Cc1ccc(-c2c(-c3ccc(F)cc3)[se]c3ccc(C(N)=O)cc23)cc1. The van der Waals surface area contributed by atoms with E-state index in [2.05, 4.69) is 38.1 Å². The molecular formula is C25H22FNOSe. The number of halogens is 1. The fourth-order valence-corrected chi connectivity index (χ4v) is 6.16. The topological polar surface area (TPSA) is 43.1 Å². The first kappa shape index (κ1) is 19.6. The second-order valence-electron chi connectivity index (χ2n) is 7.68. The maximum absolute atomic E-state index is 13.5. The molecule has 1 aromatic heterocycles. The molecule has 2 N–H and O–H groups in total. The van der Waals surface area contributed by atoms with E-state index in [9.17, 15) is 9.18 Å². The number of carbonyl (C=O) groups excluding carboxylic acids is 1. The zero-order chi connectivity index (χ0) is 20.5. The predicted octanol–water partition coefficient (Wildman–Crippen LogP) is 5.67. The molecular weight excluding hydrogens is 428 g/mol. The standard InChI is InChI=1S/C25H22FNOSe/c1-15(2)13-16-3-5-17(6-4-16)23-21-14-19(25(27)28)9-12-22(21)29-24(23)18-7-10-20(26)11-8-18/h3-12,14-15H,13H2,1-2H3,(H2,27,28). The molecule has 0 radical (unpaired) electrons. The number of rotatable bonds is 5. The van der Waals surface area contributed by atoms with E-state index in [0.717, 1.165) is 28.5 Å². The van der Waals surface area contributed by atoms with Crippen LogP contribution in [0.3, 0.4) is 0 Å². The van der Waals surface area contributed by atoms with Gasteiger partial charge in [-0.1, -0.05) is 0 Å². The molecule has 29 heavy (non-hydrogen) atoms. The van der Waals surface area contributed by atoms with Crippen molar-refractivity contribution >= 4 is 30.1 Å². The van der Waals surface area contributed by atoms with E-state index in [-0.39, 0.29) is 20.3 Å². The van der Waals surface area contributed by atoms with Crippen LogP contribution in [0, 0.1) is 11.7 Å². The molecule has 0 spiro atoms. The maximum atomic E-state index is 13.5. The molecule has 1 heterocycles. The number of hydrogen-bond acceptors (Lipinski definition) is 1. The molecule has 0 atom stereocenters. The molecule has 0 unspecified atom stereocenters. The molecule has 0 bridgehead atoms. The molecule has 4 heteroatoms. The van der Waals surface area contributed by atoms with Crippen LogP contribution in [-0.2, 0) is 6.42 Å². The molecule has 0 fully saturated rings. The molecule has 146 valence electrons. The molecule has 0 saturated carbocycles. The van der Waals surface area contributed by atoms with E-state index in [4.69, 9.17) is 5.73 Å². The number of benzene rings is 3. The Morgan fingerprint density at radius 3 is 2.24 bits per heavy atom. The summed E-state index contributed by atoms with van der Waals surface area (Å²) in [5, 5.41) is 1.05. The predicted molar refractivity (Wildman–Crippen MR) is 119 cm³/mol. The van der Waals surface area contributed by atoms with Gasteiger partial charge in [-0.05, 0) is 0 Å². The third kappa shape index (κ3) is 4.05. The van der Waals surface area contributed by atoms with Crippen molar-refractivity contribution in [2.24, 2.45) is 11.7 Å². The molecule has 2 nitrogen and oxygen atoms in total. The minimum absolute atomic E-state index is 0.0648. The molecule has 3 aromatic carbocycles. The van der Waals surface area contributed by atoms with E-state index < -0.39 is 5.91 Å². The van der Waals surface area contributed by atoms with Crippen molar-refractivity contribution in [2.75, 3.05) is 0 Å². The monoisotopic (exact) mass is 451 g/mol. The van der Waals surface area contributed by atoms with E-state index in [0.29, 0.717) is 11.5 Å². The first-order valence-corrected chi connectivity index (χ1v) is 11.4. The van der Waals surface area contributed by atoms with Crippen LogP contribution in [0.1, 0.15) is 29.8 Å². The molecule has 1 amide bonds. The summed E-state index contributed by atoms with van der Waals surface area (Å²) in [4.78, 5) is 11.7. The van der Waals surface area contributed by atoms with E-state index in [1.807, 2.05) is 24.3 Å². The Kier molecular flexibility index (Phi) is 5.40. The third-order valence-electron chi connectivity index (χ3n) is 4.97. The van der Waals surface area contributed by atoms with Gasteiger partial charge in [0, 0.05) is 0 Å². The van der Waals surface area contributed by atoms with Crippen LogP contribution < -0.4 is 5.73 Å². The average molecular weight is 450 g/mol. The Morgan fingerprint density at radius 2 is 1.62 bits per heavy atom. The number of amides is 1. The van der Waals surface area contributed by atoms with Gasteiger partial charge in [0.2, 0.25) is 0 Å². The van der Waals surface area contributed by atoms with Crippen LogP contribution in [0.25, 0.3) is 30.8 Å². The Bertz CT molecular complexity index is 1170. The summed E-state index contributed by atoms with van der Waals surface area (Å²) in [5.74, 6) is -0.0707. The summed E-state index contributed by atoms with van der Waals surface area (Å²) in [5.41, 5.74) is 10.6. The number of fused-ring (bicyclic) bond motifs is 1. The van der Waals surface area contributed by atoms with Gasteiger partial charge in [-0.3, -0.25) is 0 Å². The van der Waals surface area contributed by atoms with Crippen molar-refractivity contribution in [3.8, 4) is 21.1 Å². The molecule has 4 aromatic rings. The summed E-state index contributed by atoms with van der Waals surface area (Å²) >= 11 is 0.0648. The fourth-order valence-electron chi connectivity index (χ4n) is 3.62. The zero-order valence-electron chi connectivity index (χ0n) is 16.4. The summed E-state index contributed by atoms with van der Waals surface area (Å²) in [6.45, 7) is 4.42. The first-order chi connectivity index (χ1) is 13.9. The Labute approximate surface area is 175 Å². The van der Waals surface area contributed by atoms with Gasteiger partial charge in [0.25, 0.3) is 0 Å². The Balaban J connectivity index is 1.93. The summed E-state index contributed by atoms with van der Waals surface area (Å²) in [7, 11) is 0. The number of nitrogens with two attached hydrogens (primary N) is 1. The van der Waals surface area contributed by atoms with Gasteiger partial charge in [-0.2, -0.15) is 0 Å². The van der Waals surface area contributed by atoms with Crippen molar-refractivity contribution in [2.45, 2.75) is 20.3 Å². The van der Waals surface area contributed by atoms with Gasteiger partial charge in [-0.15, -0.1) is 0 Å². The van der Waals surface area contributed by atoms with Crippen molar-refractivity contribution < 1.29 is 9.18 Å². The summed E-state index contributed by atoms with van der Waals surface area (Å²) < 4.78 is 15.9. The van der Waals surface area contributed by atoms with E-state index in [1.54, 1.807) is 6.07 Å².